The Kier molecular flexibility index (Phi) is 7.94. The second-order valence-corrected chi connectivity index (χ2v) is 6.51. The number of rotatable bonds is 7. The molecule has 2 rings (SSSR count). The van der Waals surface area contributed by atoms with Crippen LogP contribution < -0.4 is 10.6 Å². The number of esters is 1. The fraction of sp³-hybridized carbons (Fsp3) is 0.556. The molecule has 2 amide bonds. The van der Waals surface area contributed by atoms with Crippen LogP contribution in [0.15, 0.2) is 18.3 Å². The first kappa shape index (κ1) is 22.6. The SMILES string of the molecule is CCOC(=O)c1ccnc(CN(CC(=O)NC2CCNCC2)C(=O)C(F)(F)F)c1. The molecule has 0 unspecified atom stereocenters. The molecule has 2 heterocycles. The average Bonchev–Trinajstić information content (AvgIpc) is 2.67. The Balaban J connectivity index is 2.11. The molecule has 0 atom stereocenters. The van der Waals surface area contributed by atoms with E-state index >= 15 is 0 Å². The van der Waals surface area contributed by atoms with Crippen LogP contribution in [0.4, 0.5) is 13.2 Å². The Hall–Kier alpha value is -2.69. The van der Waals surface area contributed by atoms with Crippen LogP contribution in [0, 0.1) is 0 Å². The summed E-state index contributed by atoms with van der Waals surface area (Å²) in [5.74, 6) is -3.49. The Morgan fingerprint density at radius 3 is 2.62 bits per heavy atom. The van der Waals surface area contributed by atoms with Crippen molar-refractivity contribution in [1.29, 1.82) is 0 Å². The van der Waals surface area contributed by atoms with E-state index < -0.39 is 37.0 Å². The Bertz CT molecular complexity index is 736. The van der Waals surface area contributed by atoms with E-state index in [1.807, 2.05) is 0 Å². The van der Waals surface area contributed by atoms with E-state index in [1.54, 1.807) is 6.92 Å². The Morgan fingerprint density at radius 1 is 1.31 bits per heavy atom. The maximum atomic E-state index is 13.0. The topological polar surface area (TPSA) is 101 Å². The number of nitrogens with zero attached hydrogens (tertiary/aromatic N) is 2. The van der Waals surface area contributed by atoms with Crippen LogP contribution in [-0.4, -0.2) is 66.1 Å². The smallest absolute Gasteiger partial charge is 0.462 e. The van der Waals surface area contributed by atoms with Crippen molar-refractivity contribution in [3.63, 3.8) is 0 Å². The highest BCUT2D eigenvalue weighted by atomic mass is 19.4. The minimum atomic E-state index is -5.15. The third-order valence-corrected chi connectivity index (χ3v) is 4.25. The first-order valence-corrected chi connectivity index (χ1v) is 9.19. The van der Waals surface area contributed by atoms with Crippen molar-refractivity contribution in [3.05, 3.63) is 29.6 Å². The minimum absolute atomic E-state index is 0.0304. The second-order valence-electron chi connectivity index (χ2n) is 6.51. The number of amides is 2. The lowest BCUT2D eigenvalue weighted by atomic mass is 10.1. The number of carbonyl (C=O) groups is 3. The van der Waals surface area contributed by atoms with Gasteiger partial charge in [0.05, 0.1) is 24.4 Å². The van der Waals surface area contributed by atoms with Gasteiger partial charge in [0.15, 0.2) is 0 Å². The van der Waals surface area contributed by atoms with E-state index in [0.29, 0.717) is 30.8 Å². The molecule has 0 aliphatic carbocycles. The highest BCUT2D eigenvalue weighted by molar-refractivity contribution is 5.89. The molecule has 1 saturated heterocycles. The summed E-state index contributed by atoms with van der Waals surface area (Å²) in [6.07, 6.45) is -2.61. The largest absolute Gasteiger partial charge is 0.471 e. The van der Waals surface area contributed by atoms with E-state index in [9.17, 15) is 27.6 Å². The zero-order valence-corrected chi connectivity index (χ0v) is 15.9. The van der Waals surface area contributed by atoms with Crippen molar-refractivity contribution in [2.75, 3.05) is 26.2 Å². The van der Waals surface area contributed by atoms with Gasteiger partial charge in [0.25, 0.3) is 0 Å². The fourth-order valence-electron chi connectivity index (χ4n) is 2.89. The number of halogens is 3. The summed E-state index contributed by atoms with van der Waals surface area (Å²) in [6, 6.07) is 2.43. The van der Waals surface area contributed by atoms with Crippen molar-refractivity contribution in [2.24, 2.45) is 0 Å². The van der Waals surface area contributed by atoms with Crippen LogP contribution in [0.5, 0.6) is 0 Å². The zero-order chi connectivity index (χ0) is 21.4. The van der Waals surface area contributed by atoms with Crippen LogP contribution in [0.3, 0.4) is 0 Å². The van der Waals surface area contributed by atoms with Gasteiger partial charge in [0, 0.05) is 12.2 Å². The number of ether oxygens (including phenoxy) is 1. The van der Waals surface area contributed by atoms with Gasteiger partial charge < -0.3 is 20.3 Å². The Morgan fingerprint density at radius 2 is 2.00 bits per heavy atom. The van der Waals surface area contributed by atoms with Crippen molar-refractivity contribution in [2.45, 2.75) is 38.5 Å². The summed E-state index contributed by atoms with van der Waals surface area (Å²) >= 11 is 0. The molecule has 0 radical (unpaired) electrons. The number of hydrogen-bond donors (Lipinski definition) is 2. The van der Waals surface area contributed by atoms with Gasteiger partial charge in [0.2, 0.25) is 5.91 Å². The van der Waals surface area contributed by atoms with Gasteiger partial charge >= 0.3 is 18.1 Å². The van der Waals surface area contributed by atoms with Crippen molar-refractivity contribution in [3.8, 4) is 0 Å². The molecular weight excluding hydrogens is 393 g/mol. The number of hydrogen-bond acceptors (Lipinski definition) is 6. The number of carbonyl (C=O) groups excluding carboxylic acids is 3. The standard InChI is InChI=1S/C18H23F3N4O4/c1-2-29-16(27)12-3-8-23-14(9-12)10-25(17(28)18(19,20)21)11-15(26)24-13-4-6-22-7-5-13/h3,8-9,13,22H,2,4-7,10-11H2,1H3,(H,24,26). The van der Waals surface area contributed by atoms with Gasteiger partial charge in [-0.15, -0.1) is 0 Å². The van der Waals surface area contributed by atoms with Gasteiger partial charge in [-0.25, -0.2) is 4.79 Å². The molecular formula is C18H23F3N4O4. The fourth-order valence-corrected chi connectivity index (χ4v) is 2.89. The lowest BCUT2D eigenvalue weighted by molar-refractivity contribution is -0.186. The predicted octanol–water partition coefficient (Wildman–Crippen LogP) is 1.02. The normalized spacial score (nSPS) is 14.9. The zero-order valence-electron chi connectivity index (χ0n) is 15.9. The van der Waals surface area contributed by atoms with Crippen molar-refractivity contribution < 1.29 is 32.3 Å². The molecule has 0 bridgehead atoms. The van der Waals surface area contributed by atoms with E-state index in [1.165, 1.54) is 18.3 Å². The van der Waals surface area contributed by atoms with Gasteiger partial charge in [-0.3, -0.25) is 14.6 Å². The molecule has 0 saturated carbocycles. The summed E-state index contributed by atoms with van der Waals surface area (Å²) in [5.41, 5.74) is 0.123. The summed E-state index contributed by atoms with van der Waals surface area (Å²) < 4.78 is 43.8. The van der Waals surface area contributed by atoms with Gasteiger partial charge in [-0.05, 0) is 45.0 Å². The van der Waals surface area contributed by atoms with Crippen molar-refractivity contribution >= 4 is 17.8 Å². The van der Waals surface area contributed by atoms with Crippen LogP contribution in [0.1, 0.15) is 35.8 Å². The number of aromatic nitrogens is 1. The monoisotopic (exact) mass is 416 g/mol. The lowest BCUT2D eigenvalue weighted by Crippen LogP contribution is -2.49. The summed E-state index contributed by atoms with van der Waals surface area (Å²) in [4.78, 5) is 40.1. The molecule has 1 aliphatic rings. The molecule has 0 spiro atoms. The highest BCUT2D eigenvalue weighted by Gasteiger charge is 2.43. The molecule has 1 fully saturated rings. The third kappa shape index (κ3) is 7.00. The van der Waals surface area contributed by atoms with E-state index in [2.05, 4.69) is 15.6 Å². The molecule has 1 aromatic heterocycles. The minimum Gasteiger partial charge on any atom is -0.462 e. The molecule has 160 valence electrons. The van der Waals surface area contributed by atoms with Crippen LogP contribution in [0.2, 0.25) is 0 Å². The first-order chi connectivity index (χ1) is 13.7. The lowest BCUT2D eigenvalue weighted by Gasteiger charge is -2.27. The molecule has 11 heteroatoms. The molecule has 1 aliphatic heterocycles. The number of pyridine rings is 1. The number of piperidine rings is 1. The average molecular weight is 416 g/mol. The van der Waals surface area contributed by atoms with Gasteiger partial charge in [0.1, 0.15) is 6.54 Å². The highest BCUT2D eigenvalue weighted by Crippen LogP contribution is 2.20. The Labute approximate surface area is 165 Å². The van der Waals surface area contributed by atoms with Gasteiger partial charge in [-0.1, -0.05) is 0 Å². The molecule has 0 aromatic carbocycles. The van der Waals surface area contributed by atoms with E-state index in [4.69, 9.17) is 4.74 Å². The van der Waals surface area contributed by atoms with E-state index in [-0.39, 0.29) is 23.9 Å². The van der Waals surface area contributed by atoms with Crippen molar-refractivity contribution in [1.82, 2.24) is 20.5 Å². The number of alkyl halides is 3. The number of nitrogens with one attached hydrogen (secondary N) is 2. The summed E-state index contributed by atoms with van der Waals surface area (Å²) in [6.45, 7) is 1.79. The van der Waals surface area contributed by atoms with E-state index in [0.717, 1.165) is 0 Å². The second kappa shape index (κ2) is 10.2. The van der Waals surface area contributed by atoms with Crippen LogP contribution in [0.25, 0.3) is 0 Å². The third-order valence-electron chi connectivity index (χ3n) is 4.25. The summed E-state index contributed by atoms with van der Waals surface area (Å²) in [7, 11) is 0. The van der Waals surface area contributed by atoms with Gasteiger partial charge in [-0.2, -0.15) is 13.2 Å². The molecule has 29 heavy (non-hydrogen) atoms. The molecule has 2 N–H and O–H groups in total. The maximum Gasteiger partial charge on any atom is 0.471 e. The van der Waals surface area contributed by atoms with Crippen LogP contribution >= 0.6 is 0 Å². The molecule has 1 aromatic rings. The maximum absolute atomic E-state index is 13.0. The quantitative estimate of drug-likeness (QED) is 0.644. The summed E-state index contributed by atoms with van der Waals surface area (Å²) in [5, 5.41) is 5.77. The predicted molar refractivity (Wildman–Crippen MR) is 95.7 cm³/mol. The van der Waals surface area contributed by atoms with Crippen LogP contribution in [-0.2, 0) is 20.9 Å². The molecule has 8 nitrogen and oxygen atoms in total. The first-order valence-electron chi connectivity index (χ1n) is 9.19.